The van der Waals surface area contributed by atoms with Crippen LogP contribution in [-0.2, 0) is 27.8 Å². The number of carboxylic acid groups (broad SMARTS) is 1. The van der Waals surface area contributed by atoms with Gasteiger partial charge in [0.15, 0.2) is 0 Å². The number of benzene rings is 3. The molecule has 3 N–H and O–H groups in total. The summed E-state index contributed by atoms with van der Waals surface area (Å²) < 4.78 is 40.4. The van der Waals surface area contributed by atoms with Crippen molar-refractivity contribution in [1.29, 1.82) is 0 Å². The number of aliphatic hydroxyl groups is 1. The molecule has 0 aromatic heterocycles. The van der Waals surface area contributed by atoms with Crippen molar-refractivity contribution in [2.75, 3.05) is 38.6 Å². The van der Waals surface area contributed by atoms with Gasteiger partial charge in [0.05, 0.1) is 36.6 Å². The number of nitrogens with zero attached hydrogens (tertiary/aromatic N) is 2. The zero-order valence-corrected chi connectivity index (χ0v) is 26.1. The first-order chi connectivity index (χ1) is 20.9. The number of anilines is 1. The van der Waals surface area contributed by atoms with Crippen molar-refractivity contribution in [3.05, 3.63) is 83.4 Å². The number of carbonyl (C=O) groups is 2. The molecular weight excluding hydrogens is 586 g/mol. The zero-order chi connectivity index (χ0) is 32.0. The van der Waals surface area contributed by atoms with Gasteiger partial charge in [0.2, 0.25) is 5.91 Å². The van der Waals surface area contributed by atoms with Gasteiger partial charge in [-0.15, -0.1) is 0 Å². The van der Waals surface area contributed by atoms with Crippen molar-refractivity contribution < 1.29 is 37.7 Å². The smallest absolute Gasteiger partial charge is 0.335 e. The van der Waals surface area contributed by atoms with Crippen LogP contribution in [0.25, 0.3) is 0 Å². The summed E-state index contributed by atoms with van der Waals surface area (Å²) in [6, 6.07) is 17.2. The average Bonchev–Trinajstić information content (AvgIpc) is 3.04. The molecule has 0 unspecified atom stereocenters. The molecule has 0 radical (unpaired) electrons. The highest BCUT2D eigenvalue weighted by Crippen LogP contribution is 2.30. The van der Waals surface area contributed by atoms with E-state index in [-0.39, 0.29) is 47.1 Å². The Morgan fingerprint density at radius 1 is 1.14 bits per heavy atom. The van der Waals surface area contributed by atoms with E-state index in [4.69, 9.17) is 9.47 Å². The summed E-state index contributed by atoms with van der Waals surface area (Å²) in [4.78, 5) is 28.5. The molecule has 0 bridgehead atoms. The van der Waals surface area contributed by atoms with Crippen LogP contribution in [-0.4, -0.2) is 86.3 Å². The predicted octanol–water partition coefficient (Wildman–Crippen LogP) is 3.48. The number of likely N-dealkylation sites (N-methyl/N-ethyl adjacent to an activating group) is 1. The van der Waals surface area contributed by atoms with Crippen LogP contribution in [0.15, 0.2) is 71.6 Å². The molecule has 44 heavy (non-hydrogen) atoms. The molecule has 0 saturated heterocycles. The second-order valence-electron chi connectivity index (χ2n) is 11.2. The van der Waals surface area contributed by atoms with Crippen LogP contribution in [0, 0.1) is 5.92 Å². The Kier molecular flexibility index (Phi) is 10.5. The van der Waals surface area contributed by atoms with Crippen LogP contribution in [0.3, 0.4) is 0 Å². The van der Waals surface area contributed by atoms with Crippen LogP contribution in [0.2, 0.25) is 0 Å². The number of methoxy groups -OCH3 is 1. The van der Waals surface area contributed by atoms with Crippen molar-refractivity contribution in [3.63, 3.8) is 0 Å². The number of aromatic carboxylic acids is 1. The van der Waals surface area contributed by atoms with Crippen molar-refractivity contribution in [1.82, 2.24) is 9.80 Å². The average molecular weight is 626 g/mol. The van der Waals surface area contributed by atoms with E-state index in [0.29, 0.717) is 36.7 Å². The number of carboxylic acids is 1. The van der Waals surface area contributed by atoms with Crippen molar-refractivity contribution >= 4 is 27.6 Å². The highest BCUT2D eigenvalue weighted by Gasteiger charge is 2.31. The molecule has 12 heteroatoms. The third-order valence-electron chi connectivity index (χ3n) is 7.68. The Balaban J connectivity index is 1.60. The molecule has 3 aromatic carbocycles. The zero-order valence-electron chi connectivity index (χ0n) is 25.3. The van der Waals surface area contributed by atoms with Crippen LogP contribution in [0.5, 0.6) is 11.5 Å². The summed E-state index contributed by atoms with van der Waals surface area (Å²) in [6.07, 6.45) is -0.402. The number of sulfonamides is 1. The number of hydrogen-bond acceptors (Lipinski definition) is 8. The fraction of sp³-hybridized carbons (Fsp3) is 0.375. The largest absolute Gasteiger partial charge is 0.497 e. The third-order valence-corrected chi connectivity index (χ3v) is 9.08. The lowest BCUT2D eigenvalue weighted by atomic mass is 10.0. The lowest BCUT2D eigenvalue weighted by molar-refractivity contribution is -0.134. The summed E-state index contributed by atoms with van der Waals surface area (Å²) >= 11 is 0. The summed E-state index contributed by atoms with van der Waals surface area (Å²) in [7, 11) is -0.483. The Labute approximate surface area is 258 Å². The SMILES string of the molecule is COc1ccc(S(=O)(=O)Nc2ccc3c(c2)CC(=O)N([C@H](C)CO)C[C@H](C)[C@@H](CN(C)Cc2ccc(C(=O)O)cc2)O3)cc1. The Hall–Kier alpha value is -4.13. The second kappa shape index (κ2) is 14.1. The molecule has 4 rings (SSSR count). The summed E-state index contributed by atoms with van der Waals surface area (Å²) in [5, 5.41) is 19.1. The van der Waals surface area contributed by atoms with Crippen molar-refractivity contribution in [2.24, 2.45) is 5.92 Å². The molecule has 3 atom stereocenters. The van der Waals surface area contributed by atoms with Gasteiger partial charge in [-0.05, 0) is 74.1 Å². The number of carbonyl (C=O) groups excluding carboxylic acids is 1. The van der Waals surface area contributed by atoms with E-state index in [1.807, 2.05) is 14.0 Å². The number of fused-ring (bicyclic) bond motifs is 1. The lowest BCUT2D eigenvalue weighted by Gasteiger charge is -2.34. The molecule has 1 heterocycles. The van der Waals surface area contributed by atoms with E-state index in [9.17, 15) is 28.2 Å². The Morgan fingerprint density at radius 2 is 1.82 bits per heavy atom. The predicted molar refractivity (Wildman–Crippen MR) is 166 cm³/mol. The lowest BCUT2D eigenvalue weighted by Crippen LogP contribution is -2.47. The quantitative estimate of drug-likeness (QED) is 0.292. The number of hydrogen-bond donors (Lipinski definition) is 3. The summed E-state index contributed by atoms with van der Waals surface area (Å²) in [6.45, 7) is 4.96. The number of ether oxygens (including phenoxy) is 2. The van der Waals surface area contributed by atoms with Gasteiger partial charge in [0, 0.05) is 36.8 Å². The minimum absolute atomic E-state index is 0.0387. The Bertz CT molecular complexity index is 1560. The Morgan fingerprint density at radius 3 is 2.43 bits per heavy atom. The maximum atomic E-state index is 13.5. The van der Waals surface area contributed by atoms with Crippen LogP contribution >= 0.6 is 0 Å². The highest BCUT2D eigenvalue weighted by atomic mass is 32.2. The fourth-order valence-electron chi connectivity index (χ4n) is 5.12. The number of nitrogens with one attached hydrogen (secondary N) is 1. The van der Waals surface area contributed by atoms with Gasteiger partial charge < -0.3 is 24.6 Å². The van der Waals surface area contributed by atoms with Gasteiger partial charge in [-0.25, -0.2) is 13.2 Å². The fourth-order valence-corrected chi connectivity index (χ4v) is 6.17. The second-order valence-corrected chi connectivity index (χ2v) is 12.9. The first kappa shape index (κ1) is 32.8. The third kappa shape index (κ3) is 8.07. The highest BCUT2D eigenvalue weighted by molar-refractivity contribution is 7.92. The van der Waals surface area contributed by atoms with Crippen LogP contribution < -0.4 is 14.2 Å². The molecule has 0 spiro atoms. The number of rotatable bonds is 11. The van der Waals surface area contributed by atoms with E-state index in [1.54, 1.807) is 66.4 Å². The maximum absolute atomic E-state index is 13.5. The van der Waals surface area contributed by atoms with Gasteiger partial charge >= 0.3 is 5.97 Å². The van der Waals surface area contributed by atoms with Crippen LogP contribution in [0.4, 0.5) is 5.69 Å². The van der Waals surface area contributed by atoms with Crippen molar-refractivity contribution in [3.8, 4) is 11.5 Å². The number of amides is 1. The molecular formula is C32H39N3O8S. The van der Waals surface area contributed by atoms with E-state index >= 15 is 0 Å². The minimum atomic E-state index is -3.92. The standard InChI is InChI=1S/C32H39N3O8S/c1-21-17-35(22(2)20-36)31(37)16-25-15-26(33-44(40,41)28-12-10-27(42-4)11-13-28)9-14-29(25)43-30(21)19-34(3)18-23-5-7-24(8-6-23)32(38)39/h5-15,21-22,30,33,36H,16-20H2,1-4H3,(H,38,39)/t21-,22+,30+/m0/s1. The molecule has 1 amide bonds. The summed E-state index contributed by atoms with van der Waals surface area (Å²) in [5.74, 6) is -0.302. The molecule has 0 saturated carbocycles. The first-order valence-electron chi connectivity index (χ1n) is 14.3. The van der Waals surface area contributed by atoms with E-state index in [1.165, 1.54) is 19.2 Å². The van der Waals surface area contributed by atoms with E-state index < -0.39 is 22.0 Å². The van der Waals surface area contributed by atoms with Gasteiger partial charge in [-0.1, -0.05) is 19.1 Å². The normalized spacial score (nSPS) is 18.0. The van der Waals surface area contributed by atoms with E-state index in [2.05, 4.69) is 9.62 Å². The van der Waals surface area contributed by atoms with Crippen LogP contribution in [0.1, 0.15) is 35.3 Å². The van der Waals surface area contributed by atoms with Gasteiger partial charge in [-0.3, -0.25) is 14.4 Å². The molecule has 236 valence electrons. The number of aliphatic hydroxyl groups excluding tert-OH is 1. The van der Waals surface area contributed by atoms with Gasteiger partial charge in [-0.2, -0.15) is 0 Å². The molecule has 1 aliphatic rings. The minimum Gasteiger partial charge on any atom is -0.497 e. The van der Waals surface area contributed by atoms with Gasteiger partial charge in [0.25, 0.3) is 10.0 Å². The molecule has 1 aliphatic heterocycles. The molecule has 3 aromatic rings. The first-order valence-corrected chi connectivity index (χ1v) is 15.8. The molecule has 0 aliphatic carbocycles. The molecule has 0 fully saturated rings. The summed E-state index contributed by atoms with van der Waals surface area (Å²) in [5.41, 5.74) is 1.96. The van der Waals surface area contributed by atoms with E-state index in [0.717, 1.165) is 5.56 Å². The molecule has 11 nitrogen and oxygen atoms in total. The monoisotopic (exact) mass is 625 g/mol. The van der Waals surface area contributed by atoms with Crippen molar-refractivity contribution in [2.45, 2.75) is 43.9 Å². The van der Waals surface area contributed by atoms with Gasteiger partial charge in [0.1, 0.15) is 17.6 Å². The topological polar surface area (TPSA) is 146 Å². The maximum Gasteiger partial charge on any atom is 0.335 e.